The molecule has 0 fully saturated rings. The molecule has 0 radical (unpaired) electrons. The summed E-state index contributed by atoms with van der Waals surface area (Å²) in [6.45, 7) is 2.62. The van der Waals surface area contributed by atoms with Gasteiger partial charge in [0.1, 0.15) is 5.75 Å². The van der Waals surface area contributed by atoms with Crippen LogP contribution in [0, 0.1) is 5.92 Å². The molecule has 0 bridgehead atoms. The molecule has 20 heavy (non-hydrogen) atoms. The summed E-state index contributed by atoms with van der Waals surface area (Å²) in [4.78, 5) is 14.6. The van der Waals surface area contributed by atoms with Crippen LogP contribution < -0.4 is 10.1 Å². The molecule has 2 atom stereocenters. The van der Waals surface area contributed by atoms with Crippen LogP contribution in [0.4, 0.5) is 0 Å². The lowest BCUT2D eigenvalue weighted by atomic mass is 9.77. The molecule has 2 unspecified atom stereocenters. The fraction of sp³-hybridized carbons (Fsp3) is 0.462. The lowest BCUT2D eigenvalue weighted by Crippen LogP contribution is -2.57. The van der Waals surface area contributed by atoms with Gasteiger partial charge in [-0.15, -0.1) is 0 Å². The standard InChI is InChI=1S/C13H16N4O3/c1-9-8-20-11-5-3-2-4-10(11)13(9,12(18)19)15-6-7-16-17-14/h2-5,9,15H,6-8H2,1H3,(H,18,19). The van der Waals surface area contributed by atoms with Gasteiger partial charge in [0.2, 0.25) is 0 Å². The third kappa shape index (κ3) is 2.29. The third-order valence-corrected chi connectivity index (χ3v) is 3.56. The number of rotatable bonds is 5. The van der Waals surface area contributed by atoms with Gasteiger partial charge in [-0.3, -0.25) is 5.32 Å². The van der Waals surface area contributed by atoms with Gasteiger partial charge in [-0.25, -0.2) is 4.79 Å². The molecule has 7 heteroatoms. The van der Waals surface area contributed by atoms with E-state index in [-0.39, 0.29) is 19.0 Å². The number of nitrogens with one attached hydrogen (secondary N) is 1. The zero-order valence-electron chi connectivity index (χ0n) is 11.1. The van der Waals surface area contributed by atoms with Crippen molar-refractivity contribution in [2.24, 2.45) is 11.0 Å². The predicted molar refractivity (Wildman–Crippen MR) is 72.4 cm³/mol. The Morgan fingerprint density at radius 2 is 2.40 bits per heavy atom. The van der Waals surface area contributed by atoms with Crippen molar-refractivity contribution in [1.29, 1.82) is 0 Å². The fourth-order valence-electron chi connectivity index (χ4n) is 2.54. The fourth-order valence-corrected chi connectivity index (χ4v) is 2.54. The summed E-state index contributed by atoms with van der Waals surface area (Å²) in [7, 11) is 0. The average Bonchev–Trinajstić information content (AvgIpc) is 2.45. The maximum atomic E-state index is 11.9. The monoisotopic (exact) mass is 276 g/mol. The van der Waals surface area contributed by atoms with Gasteiger partial charge in [-0.1, -0.05) is 30.2 Å². The molecule has 0 amide bonds. The molecule has 1 aromatic carbocycles. The molecule has 2 rings (SSSR count). The van der Waals surface area contributed by atoms with E-state index in [2.05, 4.69) is 15.3 Å². The smallest absolute Gasteiger partial charge is 0.329 e. The number of aliphatic carboxylic acids is 1. The number of carboxylic acids is 1. The second-order valence-corrected chi connectivity index (χ2v) is 4.70. The highest BCUT2D eigenvalue weighted by Crippen LogP contribution is 2.40. The molecule has 7 nitrogen and oxygen atoms in total. The van der Waals surface area contributed by atoms with E-state index in [1.807, 2.05) is 6.92 Å². The molecule has 0 saturated heterocycles. The molecule has 0 saturated carbocycles. The van der Waals surface area contributed by atoms with Gasteiger partial charge in [0.05, 0.1) is 6.61 Å². The van der Waals surface area contributed by atoms with Crippen molar-refractivity contribution in [3.63, 3.8) is 0 Å². The molecule has 1 aliphatic rings. The van der Waals surface area contributed by atoms with Crippen LogP contribution in [0.5, 0.6) is 5.75 Å². The Labute approximate surface area is 116 Å². The Bertz CT molecular complexity index is 556. The minimum Gasteiger partial charge on any atom is -0.493 e. The molecule has 106 valence electrons. The molecule has 1 aliphatic heterocycles. The number of carboxylic acid groups (broad SMARTS) is 1. The number of carbonyl (C=O) groups is 1. The Kier molecular flexibility index (Phi) is 4.12. The number of fused-ring (bicyclic) bond motifs is 1. The van der Waals surface area contributed by atoms with Gasteiger partial charge < -0.3 is 9.84 Å². The summed E-state index contributed by atoms with van der Waals surface area (Å²) in [6, 6.07) is 7.10. The first-order valence-corrected chi connectivity index (χ1v) is 6.34. The molecule has 1 heterocycles. The van der Waals surface area contributed by atoms with Crippen molar-refractivity contribution in [2.75, 3.05) is 19.7 Å². The van der Waals surface area contributed by atoms with E-state index in [1.165, 1.54) is 0 Å². The van der Waals surface area contributed by atoms with Crippen molar-refractivity contribution in [3.05, 3.63) is 40.3 Å². The quantitative estimate of drug-likeness (QED) is 0.370. The molecular weight excluding hydrogens is 260 g/mol. The highest BCUT2D eigenvalue weighted by molar-refractivity contribution is 5.83. The lowest BCUT2D eigenvalue weighted by molar-refractivity contribution is -0.149. The largest absolute Gasteiger partial charge is 0.493 e. The number of azide groups is 1. The van der Waals surface area contributed by atoms with E-state index in [9.17, 15) is 9.90 Å². The van der Waals surface area contributed by atoms with Gasteiger partial charge >= 0.3 is 5.97 Å². The topological polar surface area (TPSA) is 107 Å². The molecule has 0 aromatic heterocycles. The maximum Gasteiger partial charge on any atom is 0.329 e. The van der Waals surface area contributed by atoms with E-state index in [1.54, 1.807) is 24.3 Å². The van der Waals surface area contributed by atoms with Crippen LogP contribution in [0.25, 0.3) is 10.4 Å². The van der Waals surface area contributed by atoms with Gasteiger partial charge in [0.15, 0.2) is 5.54 Å². The number of ether oxygens (including phenoxy) is 1. The molecule has 2 N–H and O–H groups in total. The summed E-state index contributed by atoms with van der Waals surface area (Å²) in [5, 5.41) is 16.2. The Balaban J connectivity index is 2.39. The maximum absolute atomic E-state index is 11.9. The van der Waals surface area contributed by atoms with Crippen molar-refractivity contribution >= 4 is 5.97 Å². The minimum absolute atomic E-state index is 0.196. The van der Waals surface area contributed by atoms with Crippen LogP contribution in [0.1, 0.15) is 12.5 Å². The first-order chi connectivity index (χ1) is 9.63. The van der Waals surface area contributed by atoms with E-state index in [0.717, 1.165) is 0 Å². The van der Waals surface area contributed by atoms with E-state index in [4.69, 9.17) is 10.3 Å². The van der Waals surface area contributed by atoms with Crippen LogP contribution in [0.3, 0.4) is 0 Å². The summed E-state index contributed by atoms with van der Waals surface area (Å²) < 4.78 is 5.58. The molecule has 1 aromatic rings. The molecular formula is C13H16N4O3. The molecule has 0 spiro atoms. The average molecular weight is 276 g/mol. The highest BCUT2D eigenvalue weighted by Gasteiger charge is 2.49. The second kappa shape index (κ2) is 5.81. The molecule has 0 aliphatic carbocycles. The van der Waals surface area contributed by atoms with Crippen LogP contribution in [-0.4, -0.2) is 30.8 Å². The highest BCUT2D eigenvalue weighted by atomic mass is 16.5. The normalized spacial score (nSPS) is 24.1. The van der Waals surface area contributed by atoms with Gasteiger partial charge in [-0.2, -0.15) is 0 Å². The minimum atomic E-state index is -1.22. The van der Waals surface area contributed by atoms with Crippen LogP contribution >= 0.6 is 0 Å². The summed E-state index contributed by atoms with van der Waals surface area (Å²) in [5.74, 6) is -0.632. The number of benzene rings is 1. The van der Waals surface area contributed by atoms with E-state index < -0.39 is 11.5 Å². The Hall–Kier alpha value is -2.24. The van der Waals surface area contributed by atoms with Crippen LogP contribution in [0.2, 0.25) is 0 Å². The Morgan fingerprint density at radius 3 is 3.10 bits per heavy atom. The first-order valence-electron chi connectivity index (χ1n) is 6.34. The summed E-state index contributed by atoms with van der Waals surface area (Å²) >= 11 is 0. The van der Waals surface area contributed by atoms with Crippen molar-refractivity contribution < 1.29 is 14.6 Å². The van der Waals surface area contributed by atoms with E-state index in [0.29, 0.717) is 17.9 Å². The predicted octanol–water partition coefficient (Wildman–Crippen LogP) is 1.89. The zero-order valence-corrected chi connectivity index (χ0v) is 11.1. The number of hydrogen-bond donors (Lipinski definition) is 2. The van der Waals surface area contributed by atoms with Gasteiger partial charge in [-0.05, 0) is 11.6 Å². The van der Waals surface area contributed by atoms with Crippen molar-refractivity contribution in [3.8, 4) is 5.75 Å². The third-order valence-electron chi connectivity index (χ3n) is 3.56. The van der Waals surface area contributed by atoms with Crippen molar-refractivity contribution in [1.82, 2.24) is 5.32 Å². The summed E-state index contributed by atoms with van der Waals surface area (Å²) in [6.07, 6.45) is 0. The van der Waals surface area contributed by atoms with Gasteiger partial charge in [0, 0.05) is 29.5 Å². The number of hydrogen-bond acceptors (Lipinski definition) is 4. The van der Waals surface area contributed by atoms with Gasteiger partial charge in [0.25, 0.3) is 0 Å². The second-order valence-electron chi connectivity index (χ2n) is 4.70. The SMILES string of the molecule is CC1COc2ccccc2C1(NCCN=[N+]=[N-])C(=O)O. The van der Waals surface area contributed by atoms with Crippen LogP contribution in [0.15, 0.2) is 29.4 Å². The summed E-state index contributed by atoms with van der Waals surface area (Å²) in [5.41, 5.74) is 7.66. The van der Waals surface area contributed by atoms with E-state index >= 15 is 0 Å². The first kappa shape index (κ1) is 14.2. The lowest BCUT2D eigenvalue weighted by Gasteiger charge is -2.41. The number of nitrogens with zero attached hydrogens (tertiary/aromatic N) is 3. The number of para-hydroxylation sites is 1. The Morgan fingerprint density at radius 1 is 1.65 bits per heavy atom. The van der Waals surface area contributed by atoms with Crippen LogP contribution in [-0.2, 0) is 10.3 Å². The van der Waals surface area contributed by atoms with Crippen molar-refractivity contribution in [2.45, 2.75) is 12.5 Å². The zero-order chi connectivity index (χ0) is 14.6.